The predicted octanol–water partition coefficient (Wildman–Crippen LogP) is 1.35. The first-order chi connectivity index (χ1) is 16.5. The molecule has 2 saturated heterocycles. The second kappa shape index (κ2) is 8.62. The number of piperidine rings is 1. The highest BCUT2D eigenvalue weighted by atomic mass is 16.7. The highest BCUT2D eigenvalue weighted by molar-refractivity contribution is 5.98. The molecule has 0 aliphatic carbocycles. The van der Waals surface area contributed by atoms with Gasteiger partial charge in [-0.2, -0.15) is 10.2 Å². The lowest BCUT2D eigenvalue weighted by Crippen LogP contribution is -2.46. The maximum absolute atomic E-state index is 13.4. The molecule has 0 radical (unpaired) electrons. The largest absolute Gasteiger partial charge is 0.493 e. The lowest BCUT2D eigenvalue weighted by Gasteiger charge is -2.38. The molecule has 2 unspecified atom stereocenters. The van der Waals surface area contributed by atoms with Gasteiger partial charge in [-0.05, 0) is 6.07 Å². The number of methoxy groups -OCH3 is 2. The Morgan fingerprint density at radius 1 is 1.18 bits per heavy atom. The fourth-order valence-corrected chi connectivity index (χ4v) is 4.99. The van der Waals surface area contributed by atoms with Crippen molar-refractivity contribution >= 4 is 17.7 Å². The molecular weight excluding hydrogens is 442 g/mol. The van der Waals surface area contributed by atoms with Crippen LogP contribution in [0.25, 0.3) is 0 Å². The standard InChI is InChI=1S/C23H25N5O6/c1-31-15-5-3-4-13(18(15)32-2)16-14(12-24)20(29)25-19-17(16)21(30)27-22(26-19)28-8-6-23(7-9-28)33-10-11-34-23/h3-5,14,16H,6-11H2,1-2H3,(H2,25,26,27,29,30). The first-order valence-electron chi connectivity index (χ1n) is 11.1. The summed E-state index contributed by atoms with van der Waals surface area (Å²) in [6, 6.07) is 7.19. The Morgan fingerprint density at radius 3 is 2.56 bits per heavy atom. The average molecular weight is 467 g/mol. The second-order valence-corrected chi connectivity index (χ2v) is 8.40. The number of nitriles is 1. The maximum atomic E-state index is 13.4. The molecule has 4 heterocycles. The van der Waals surface area contributed by atoms with Crippen LogP contribution in [0.5, 0.6) is 11.5 Å². The van der Waals surface area contributed by atoms with E-state index in [1.165, 1.54) is 14.2 Å². The molecule has 1 amide bonds. The Bertz CT molecular complexity index is 1210. The van der Waals surface area contributed by atoms with Crippen molar-refractivity contribution in [2.24, 2.45) is 5.92 Å². The Kier molecular flexibility index (Phi) is 5.63. The molecule has 3 aliphatic rings. The van der Waals surface area contributed by atoms with Crippen LogP contribution in [0.4, 0.5) is 11.8 Å². The molecule has 11 heteroatoms. The van der Waals surface area contributed by atoms with Crippen molar-refractivity contribution in [3.63, 3.8) is 0 Å². The lowest BCUT2D eigenvalue weighted by atomic mass is 9.78. The maximum Gasteiger partial charge on any atom is 0.258 e. The van der Waals surface area contributed by atoms with Gasteiger partial charge in [0.25, 0.3) is 5.56 Å². The van der Waals surface area contributed by atoms with E-state index in [9.17, 15) is 14.9 Å². The molecule has 11 nitrogen and oxygen atoms in total. The van der Waals surface area contributed by atoms with E-state index in [0.29, 0.717) is 62.2 Å². The number of hydrogen-bond donors (Lipinski definition) is 2. The number of aromatic amines is 1. The van der Waals surface area contributed by atoms with Crippen LogP contribution in [0.3, 0.4) is 0 Å². The van der Waals surface area contributed by atoms with Crippen LogP contribution in [-0.4, -0.2) is 62.2 Å². The summed E-state index contributed by atoms with van der Waals surface area (Å²) in [7, 11) is 2.97. The van der Waals surface area contributed by atoms with Gasteiger partial charge < -0.3 is 29.2 Å². The van der Waals surface area contributed by atoms with E-state index in [2.05, 4.69) is 15.3 Å². The zero-order valence-electron chi connectivity index (χ0n) is 18.9. The molecule has 5 rings (SSSR count). The number of nitrogens with zero attached hydrogens (tertiary/aromatic N) is 3. The van der Waals surface area contributed by atoms with Crippen LogP contribution in [0.2, 0.25) is 0 Å². The van der Waals surface area contributed by atoms with E-state index in [1.807, 2.05) is 11.0 Å². The molecule has 2 N–H and O–H groups in total. The van der Waals surface area contributed by atoms with E-state index in [-0.39, 0.29) is 11.4 Å². The summed E-state index contributed by atoms with van der Waals surface area (Å²) < 4.78 is 22.5. The highest BCUT2D eigenvalue weighted by Crippen LogP contribution is 2.45. The average Bonchev–Trinajstić information content (AvgIpc) is 3.30. The number of amides is 1. The smallest absolute Gasteiger partial charge is 0.258 e. The van der Waals surface area contributed by atoms with Gasteiger partial charge in [0, 0.05) is 37.4 Å². The van der Waals surface area contributed by atoms with Gasteiger partial charge in [0.15, 0.2) is 17.3 Å². The minimum Gasteiger partial charge on any atom is -0.493 e. The zero-order valence-corrected chi connectivity index (χ0v) is 18.9. The molecule has 0 bridgehead atoms. The van der Waals surface area contributed by atoms with Crippen molar-refractivity contribution in [1.29, 1.82) is 5.26 Å². The second-order valence-electron chi connectivity index (χ2n) is 8.40. The summed E-state index contributed by atoms with van der Waals surface area (Å²) in [6.45, 7) is 2.30. The topological polar surface area (TPSA) is 139 Å². The van der Waals surface area contributed by atoms with Crippen molar-refractivity contribution in [3.8, 4) is 17.6 Å². The summed E-state index contributed by atoms with van der Waals surface area (Å²) in [5.41, 5.74) is 0.279. The van der Waals surface area contributed by atoms with Gasteiger partial charge in [0.1, 0.15) is 11.7 Å². The van der Waals surface area contributed by atoms with Crippen molar-refractivity contribution < 1.29 is 23.7 Å². The first kappa shape index (κ1) is 22.2. The van der Waals surface area contributed by atoms with E-state index in [0.717, 1.165) is 0 Å². The molecule has 2 atom stereocenters. The van der Waals surface area contributed by atoms with Crippen LogP contribution in [0.15, 0.2) is 23.0 Å². The van der Waals surface area contributed by atoms with E-state index >= 15 is 0 Å². The minimum atomic E-state index is -1.14. The number of benzene rings is 1. The number of anilines is 2. The summed E-state index contributed by atoms with van der Waals surface area (Å²) in [5, 5.41) is 12.5. The van der Waals surface area contributed by atoms with Crippen LogP contribution < -0.4 is 25.2 Å². The summed E-state index contributed by atoms with van der Waals surface area (Å²) in [6.07, 6.45) is 1.28. The molecule has 0 saturated carbocycles. The minimum absolute atomic E-state index is 0.138. The van der Waals surface area contributed by atoms with Crippen LogP contribution in [0, 0.1) is 17.2 Å². The predicted molar refractivity (Wildman–Crippen MR) is 120 cm³/mol. The Balaban J connectivity index is 1.55. The van der Waals surface area contributed by atoms with Gasteiger partial charge in [-0.15, -0.1) is 0 Å². The fraction of sp³-hybridized carbons (Fsp3) is 0.478. The molecule has 34 heavy (non-hydrogen) atoms. The Labute approximate surface area is 195 Å². The van der Waals surface area contributed by atoms with Crippen molar-refractivity contribution in [1.82, 2.24) is 9.97 Å². The van der Waals surface area contributed by atoms with Crippen LogP contribution in [-0.2, 0) is 14.3 Å². The van der Waals surface area contributed by atoms with Crippen molar-refractivity contribution in [2.45, 2.75) is 24.5 Å². The summed E-state index contributed by atoms with van der Waals surface area (Å²) in [4.78, 5) is 35.6. The molecule has 1 aromatic carbocycles. The molecule has 3 aliphatic heterocycles. The lowest BCUT2D eigenvalue weighted by molar-refractivity contribution is -0.169. The normalized spacial score (nSPS) is 23.2. The third-order valence-electron chi connectivity index (χ3n) is 6.66. The molecule has 2 aromatic rings. The van der Waals surface area contributed by atoms with E-state index in [4.69, 9.17) is 18.9 Å². The number of hydrogen-bond acceptors (Lipinski definition) is 9. The SMILES string of the molecule is COc1cccc(C2c3c(nc(N4CCC5(CC4)OCCO5)[nH]c3=O)NC(=O)C2C#N)c1OC. The number of fused-ring (bicyclic) bond motifs is 1. The number of carbonyl (C=O) groups excluding carboxylic acids is 1. The number of nitrogens with one attached hydrogen (secondary N) is 2. The highest BCUT2D eigenvalue weighted by Gasteiger charge is 2.43. The van der Waals surface area contributed by atoms with Gasteiger partial charge in [0.05, 0.1) is 39.1 Å². The molecule has 2 fully saturated rings. The van der Waals surface area contributed by atoms with Crippen LogP contribution >= 0.6 is 0 Å². The van der Waals surface area contributed by atoms with E-state index < -0.39 is 29.1 Å². The number of aromatic nitrogens is 2. The summed E-state index contributed by atoms with van der Waals surface area (Å²) in [5.74, 6) is -1.83. The molecule has 1 aromatic heterocycles. The van der Waals surface area contributed by atoms with Gasteiger partial charge in [-0.25, -0.2) is 0 Å². The number of ether oxygens (including phenoxy) is 4. The van der Waals surface area contributed by atoms with Crippen molar-refractivity contribution in [3.05, 3.63) is 39.7 Å². The zero-order chi connectivity index (χ0) is 23.9. The third-order valence-corrected chi connectivity index (χ3v) is 6.66. The monoisotopic (exact) mass is 467 g/mol. The van der Waals surface area contributed by atoms with Gasteiger partial charge in [-0.3, -0.25) is 14.6 Å². The number of para-hydroxylation sites is 1. The van der Waals surface area contributed by atoms with E-state index in [1.54, 1.807) is 18.2 Å². The number of H-pyrrole nitrogens is 1. The van der Waals surface area contributed by atoms with Gasteiger partial charge in [-0.1, -0.05) is 12.1 Å². The number of rotatable bonds is 4. The molecule has 178 valence electrons. The number of carbonyl (C=O) groups is 1. The van der Waals surface area contributed by atoms with Gasteiger partial charge >= 0.3 is 0 Å². The summed E-state index contributed by atoms with van der Waals surface area (Å²) >= 11 is 0. The Hall–Kier alpha value is -3.62. The first-order valence-corrected chi connectivity index (χ1v) is 11.1. The Morgan fingerprint density at radius 2 is 1.91 bits per heavy atom. The quantitative estimate of drug-likeness (QED) is 0.682. The van der Waals surface area contributed by atoms with Gasteiger partial charge in [0.2, 0.25) is 11.9 Å². The fourth-order valence-electron chi connectivity index (χ4n) is 4.99. The van der Waals surface area contributed by atoms with Crippen LogP contribution in [0.1, 0.15) is 29.9 Å². The molecular formula is C23H25N5O6. The molecule has 1 spiro atoms. The third kappa shape index (κ3) is 3.55. The van der Waals surface area contributed by atoms with Crippen molar-refractivity contribution in [2.75, 3.05) is 50.7 Å².